The van der Waals surface area contributed by atoms with E-state index in [1.807, 2.05) is 0 Å². The molecule has 84 valence electrons. The fourth-order valence-corrected chi connectivity index (χ4v) is 2.43. The summed E-state index contributed by atoms with van der Waals surface area (Å²) in [6.45, 7) is 9.17. The summed E-state index contributed by atoms with van der Waals surface area (Å²) in [5, 5.41) is 3.33. The highest BCUT2D eigenvalue weighted by Crippen LogP contribution is 2.12. The van der Waals surface area contributed by atoms with Crippen LogP contribution in [0.4, 0.5) is 0 Å². The summed E-state index contributed by atoms with van der Waals surface area (Å²) >= 11 is 0. The molecule has 2 rings (SSSR count). The minimum absolute atomic E-state index is 0.353. The number of rotatable bonds is 3. The van der Waals surface area contributed by atoms with Crippen LogP contribution >= 0.6 is 0 Å². The van der Waals surface area contributed by atoms with Crippen LogP contribution in [0, 0.1) is 12.3 Å². The molecule has 0 radical (unpaired) electrons. The number of terminal acetylenes is 1. The van der Waals surface area contributed by atoms with Gasteiger partial charge in [-0.1, -0.05) is 12.8 Å². The summed E-state index contributed by atoms with van der Waals surface area (Å²) in [7, 11) is 0. The van der Waals surface area contributed by atoms with Crippen molar-refractivity contribution in [2.24, 2.45) is 0 Å². The maximum atomic E-state index is 5.53. The number of nitrogens with one attached hydrogen (secondary N) is 1. The smallest absolute Gasteiger partial charge is 0.0710 e. The van der Waals surface area contributed by atoms with Crippen molar-refractivity contribution in [3.8, 4) is 12.3 Å². The lowest BCUT2D eigenvalue weighted by Crippen LogP contribution is -2.62. The lowest BCUT2D eigenvalue weighted by molar-refractivity contribution is 0.0620. The van der Waals surface area contributed by atoms with Gasteiger partial charge in [-0.25, -0.2) is 0 Å². The quantitative estimate of drug-likeness (QED) is 0.657. The summed E-state index contributed by atoms with van der Waals surface area (Å²) in [4.78, 5) is 5.04. The second kappa shape index (κ2) is 4.98. The van der Waals surface area contributed by atoms with E-state index in [1.165, 1.54) is 26.2 Å². The van der Waals surface area contributed by atoms with Gasteiger partial charge in [-0.15, -0.1) is 6.42 Å². The van der Waals surface area contributed by atoms with Gasteiger partial charge in [-0.3, -0.25) is 9.80 Å². The average molecular weight is 207 g/mol. The van der Waals surface area contributed by atoms with Crippen molar-refractivity contribution in [3.63, 3.8) is 0 Å². The van der Waals surface area contributed by atoms with Crippen LogP contribution in [0.3, 0.4) is 0 Å². The SMILES string of the molecule is C#CC(CC)N1CCN(C2CNC2)CC1. The molecule has 15 heavy (non-hydrogen) atoms. The van der Waals surface area contributed by atoms with Gasteiger partial charge in [0.15, 0.2) is 0 Å². The zero-order valence-corrected chi connectivity index (χ0v) is 9.58. The third kappa shape index (κ3) is 2.34. The number of hydrogen-bond donors (Lipinski definition) is 1. The van der Waals surface area contributed by atoms with Gasteiger partial charge in [0.05, 0.1) is 6.04 Å². The maximum absolute atomic E-state index is 5.53. The van der Waals surface area contributed by atoms with Gasteiger partial charge in [0.2, 0.25) is 0 Å². The van der Waals surface area contributed by atoms with Crippen molar-refractivity contribution < 1.29 is 0 Å². The van der Waals surface area contributed by atoms with E-state index >= 15 is 0 Å². The van der Waals surface area contributed by atoms with Gasteiger partial charge in [0.25, 0.3) is 0 Å². The molecule has 2 heterocycles. The molecule has 0 spiro atoms. The van der Waals surface area contributed by atoms with Crippen molar-refractivity contribution in [3.05, 3.63) is 0 Å². The summed E-state index contributed by atoms with van der Waals surface area (Å²) in [6.07, 6.45) is 6.60. The van der Waals surface area contributed by atoms with Crippen molar-refractivity contribution in [1.29, 1.82) is 0 Å². The van der Waals surface area contributed by atoms with Gasteiger partial charge in [0.1, 0.15) is 0 Å². The second-order valence-electron chi connectivity index (χ2n) is 4.47. The molecule has 1 N–H and O–H groups in total. The van der Waals surface area contributed by atoms with Crippen LogP contribution in [0.15, 0.2) is 0 Å². The first kappa shape index (κ1) is 10.9. The Balaban J connectivity index is 1.78. The Morgan fingerprint density at radius 3 is 2.40 bits per heavy atom. The fourth-order valence-electron chi connectivity index (χ4n) is 2.43. The Morgan fingerprint density at radius 1 is 1.33 bits per heavy atom. The molecule has 3 heteroatoms. The first-order valence-electron chi connectivity index (χ1n) is 6.00. The minimum atomic E-state index is 0.353. The van der Waals surface area contributed by atoms with Crippen LogP contribution in [0.1, 0.15) is 13.3 Å². The van der Waals surface area contributed by atoms with Gasteiger partial charge in [-0.2, -0.15) is 0 Å². The molecule has 0 amide bonds. The summed E-state index contributed by atoms with van der Waals surface area (Å²) in [5.74, 6) is 2.89. The molecule has 0 aromatic heterocycles. The summed E-state index contributed by atoms with van der Waals surface area (Å²) in [5.41, 5.74) is 0. The summed E-state index contributed by atoms with van der Waals surface area (Å²) in [6, 6.07) is 1.14. The molecule has 0 aromatic rings. The third-order valence-electron chi connectivity index (χ3n) is 3.65. The Hall–Kier alpha value is -0.560. The third-order valence-corrected chi connectivity index (χ3v) is 3.65. The highest BCUT2D eigenvalue weighted by molar-refractivity contribution is 5.01. The molecule has 3 nitrogen and oxygen atoms in total. The van der Waals surface area contributed by atoms with Crippen LogP contribution < -0.4 is 5.32 Å². The lowest BCUT2D eigenvalue weighted by Gasteiger charge is -2.44. The predicted octanol–water partition coefficient (Wildman–Crippen LogP) is -0.0124. The normalized spacial score (nSPS) is 26.9. The molecule has 2 aliphatic rings. The molecule has 0 saturated carbocycles. The fraction of sp³-hybridized carbons (Fsp3) is 0.833. The van der Waals surface area contributed by atoms with E-state index in [0.717, 1.165) is 25.6 Å². The lowest BCUT2D eigenvalue weighted by atomic mass is 10.1. The highest BCUT2D eigenvalue weighted by atomic mass is 15.3. The monoisotopic (exact) mass is 207 g/mol. The largest absolute Gasteiger partial charge is 0.314 e. The molecule has 0 aromatic carbocycles. The van der Waals surface area contributed by atoms with Gasteiger partial charge < -0.3 is 5.32 Å². The van der Waals surface area contributed by atoms with E-state index in [4.69, 9.17) is 6.42 Å². The Kier molecular flexibility index (Phi) is 3.63. The standard InChI is InChI=1S/C12H21N3/c1-3-11(4-2)14-5-7-15(8-6-14)12-9-13-10-12/h1,11-13H,4-10H2,2H3. The van der Waals surface area contributed by atoms with Gasteiger partial charge >= 0.3 is 0 Å². The van der Waals surface area contributed by atoms with Crippen LogP contribution in [-0.2, 0) is 0 Å². The molecular weight excluding hydrogens is 186 g/mol. The van der Waals surface area contributed by atoms with Crippen molar-refractivity contribution >= 4 is 0 Å². The van der Waals surface area contributed by atoms with Crippen molar-refractivity contribution in [2.45, 2.75) is 25.4 Å². The number of piperazine rings is 1. The number of nitrogens with zero attached hydrogens (tertiary/aromatic N) is 2. The molecule has 2 fully saturated rings. The molecule has 1 atom stereocenters. The second-order valence-corrected chi connectivity index (χ2v) is 4.47. The van der Waals surface area contributed by atoms with Crippen LogP contribution in [0.2, 0.25) is 0 Å². The molecule has 2 aliphatic heterocycles. The molecule has 1 unspecified atom stereocenters. The zero-order chi connectivity index (χ0) is 10.7. The van der Waals surface area contributed by atoms with Crippen LogP contribution in [0.5, 0.6) is 0 Å². The Bertz CT molecular complexity index is 234. The molecule has 0 aliphatic carbocycles. The minimum Gasteiger partial charge on any atom is -0.314 e. The van der Waals surface area contributed by atoms with E-state index in [1.54, 1.807) is 0 Å². The van der Waals surface area contributed by atoms with Crippen LogP contribution in [0.25, 0.3) is 0 Å². The number of hydrogen-bond acceptors (Lipinski definition) is 3. The first-order valence-corrected chi connectivity index (χ1v) is 6.00. The molecule has 2 saturated heterocycles. The molecule has 0 bridgehead atoms. The Labute approximate surface area is 92.8 Å². The van der Waals surface area contributed by atoms with Gasteiger partial charge in [-0.05, 0) is 6.42 Å². The Morgan fingerprint density at radius 2 is 2.00 bits per heavy atom. The van der Waals surface area contributed by atoms with Crippen molar-refractivity contribution in [2.75, 3.05) is 39.3 Å². The van der Waals surface area contributed by atoms with E-state index in [2.05, 4.69) is 28.0 Å². The average Bonchev–Trinajstić information content (AvgIpc) is 2.20. The van der Waals surface area contributed by atoms with E-state index in [-0.39, 0.29) is 0 Å². The molecular formula is C12H21N3. The van der Waals surface area contributed by atoms with E-state index in [9.17, 15) is 0 Å². The zero-order valence-electron chi connectivity index (χ0n) is 9.58. The van der Waals surface area contributed by atoms with Gasteiger partial charge in [0, 0.05) is 45.3 Å². The van der Waals surface area contributed by atoms with Crippen molar-refractivity contribution in [1.82, 2.24) is 15.1 Å². The first-order chi connectivity index (χ1) is 7.35. The topological polar surface area (TPSA) is 18.5 Å². The maximum Gasteiger partial charge on any atom is 0.0710 e. The highest BCUT2D eigenvalue weighted by Gasteiger charge is 2.28. The van der Waals surface area contributed by atoms with E-state index < -0.39 is 0 Å². The predicted molar refractivity (Wildman–Crippen MR) is 62.7 cm³/mol. The van der Waals surface area contributed by atoms with Crippen LogP contribution in [-0.4, -0.2) is 61.2 Å². The van der Waals surface area contributed by atoms with E-state index in [0.29, 0.717) is 6.04 Å². The summed E-state index contributed by atoms with van der Waals surface area (Å²) < 4.78 is 0.